The van der Waals surface area contributed by atoms with Crippen molar-refractivity contribution in [3.8, 4) is 0 Å². The molecule has 2 aromatic carbocycles. The van der Waals surface area contributed by atoms with Crippen LogP contribution in [0.5, 0.6) is 0 Å². The van der Waals surface area contributed by atoms with Gasteiger partial charge in [-0.1, -0.05) is 25.1 Å². The first-order chi connectivity index (χ1) is 14.0. The van der Waals surface area contributed by atoms with Crippen molar-refractivity contribution in [1.29, 1.82) is 0 Å². The van der Waals surface area contributed by atoms with E-state index in [1.165, 1.54) is 29.3 Å². The minimum Gasteiger partial charge on any atom is -0.307 e. The molecule has 2 heterocycles. The lowest BCUT2D eigenvalue weighted by Gasteiger charge is -2.31. The zero-order valence-electron chi connectivity index (χ0n) is 15.9. The van der Waals surface area contributed by atoms with Gasteiger partial charge in [0.2, 0.25) is 0 Å². The molecule has 5 nitrogen and oxygen atoms in total. The van der Waals surface area contributed by atoms with Crippen molar-refractivity contribution in [3.63, 3.8) is 0 Å². The second kappa shape index (κ2) is 7.83. The molecular formula is C23H20FN3O2. The first-order valence-electron chi connectivity index (χ1n) is 9.48. The summed E-state index contributed by atoms with van der Waals surface area (Å²) in [5.41, 5.74) is 3.26. The van der Waals surface area contributed by atoms with Crippen LogP contribution in [-0.2, 0) is 11.2 Å². The number of fused-ring (bicyclic) bond motifs is 1. The van der Waals surface area contributed by atoms with Crippen LogP contribution in [0.2, 0.25) is 0 Å². The Bertz CT molecular complexity index is 1110. The number of aromatic nitrogens is 1. The van der Waals surface area contributed by atoms with Crippen LogP contribution in [0.1, 0.15) is 30.5 Å². The molecule has 0 fully saturated rings. The standard InChI is InChI=1S/C23H20FN3O2/c1-2-15-12-20-17(4-3-10-25-20)13-21(15)26-23(29)27-11-9-19(28)14-22(27)16-5-7-18(24)8-6-16/h3-13,22H,2,14H2,1H3,(H,26,29)/t22-/m0/s1. The number of carbonyl (C=O) groups excluding carboxylic acids is 2. The number of amides is 2. The van der Waals surface area contributed by atoms with Gasteiger partial charge in [0.15, 0.2) is 5.78 Å². The molecule has 1 atom stereocenters. The van der Waals surface area contributed by atoms with Crippen LogP contribution in [0, 0.1) is 5.82 Å². The van der Waals surface area contributed by atoms with Crippen molar-refractivity contribution >= 4 is 28.4 Å². The Morgan fingerprint density at radius 3 is 2.79 bits per heavy atom. The van der Waals surface area contributed by atoms with Crippen LogP contribution < -0.4 is 5.32 Å². The molecule has 29 heavy (non-hydrogen) atoms. The van der Waals surface area contributed by atoms with Crippen molar-refractivity contribution in [2.75, 3.05) is 5.32 Å². The molecule has 1 aliphatic rings. The third-order valence-corrected chi connectivity index (χ3v) is 5.09. The molecule has 1 N–H and O–H groups in total. The molecule has 146 valence electrons. The van der Waals surface area contributed by atoms with Gasteiger partial charge in [-0.3, -0.25) is 14.7 Å². The van der Waals surface area contributed by atoms with E-state index in [0.717, 1.165) is 22.9 Å². The number of hydrogen-bond donors (Lipinski definition) is 1. The number of benzene rings is 2. The number of pyridine rings is 1. The van der Waals surface area contributed by atoms with Crippen LogP contribution in [0.25, 0.3) is 10.9 Å². The van der Waals surface area contributed by atoms with Gasteiger partial charge in [0.1, 0.15) is 5.82 Å². The normalized spacial score (nSPS) is 16.3. The van der Waals surface area contributed by atoms with Crippen LogP contribution in [0.3, 0.4) is 0 Å². The average Bonchev–Trinajstić information content (AvgIpc) is 2.73. The summed E-state index contributed by atoms with van der Waals surface area (Å²) in [5, 5.41) is 3.90. The fraction of sp³-hybridized carbons (Fsp3) is 0.174. The lowest BCUT2D eigenvalue weighted by atomic mass is 9.97. The van der Waals surface area contributed by atoms with Crippen molar-refractivity contribution in [2.45, 2.75) is 25.8 Å². The number of allylic oxidation sites excluding steroid dienone is 1. The van der Waals surface area contributed by atoms with Crippen LogP contribution in [-0.4, -0.2) is 21.7 Å². The highest BCUT2D eigenvalue weighted by molar-refractivity contribution is 5.97. The van der Waals surface area contributed by atoms with Gasteiger partial charge < -0.3 is 5.32 Å². The molecule has 2 amide bonds. The number of nitrogens with one attached hydrogen (secondary N) is 1. The molecule has 0 saturated carbocycles. The van der Waals surface area contributed by atoms with E-state index in [1.54, 1.807) is 18.3 Å². The summed E-state index contributed by atoms with van der Waals surface area (Å²) in [4.78, 5) is 30.9. The van der Waals surface area contributed by atoms with E-state index in [0.29, 0.717) is 11.3 Å². The average molecular weight is 389 g/mol. The molecule has 0 radical (unpaired) electrons. The van der Waals surface area contributed by atoms with E-state index in [2.05, 4.69) is 10.3 Å². The monoisotopic (exact) mass is 389 g/mol. The van der Waals surface area contributed by atoms with Crippen molar-refractivity contribution in [1.82, 2.24) is 9.88 Å². The van der Waals surface area contributed by atoms with Gasteiger partial charge in [-0.2, -0.15) is 0 Å². The van der Waals surface area contributed by atoms with Gasteiger partial charge in [0, 0.05) is 29.9 Å². The molecule has 0 bridgehead atoms. The largest absolute Gasteiger partial charge is 0.326 e. The number of hydrogen-bond acceptors (Lipinski definition) is 3. The highest BCUT2D eigenvalue weighted by Crippen LogP contribution is 2.30. The van der Waals surface area contributed by atoms with Gasteiger partial charge in [-0.25, -0.2) is 9.18 Å². The second-order valence-corrected chi connectivity index (χ2v) is 6.95. The molecule has 1 aliphatic heterocycles. The Balaban J connectivity index is 1.65. The Hall–Kier alpha value is -3.54. The summed E-state index contributed by atoms with van der Waals surface area (Å²) >= 11 is 0. The highest BCUT2D eigenvalue weighted by atomic mass is 19.1. The summed E-state index contributed by atoms with van der Waals surface area (Å²) < 4.78 is 13.3. The van der Waals surface area contributed by atoms with Crippen LogP contribution >= 0.6 is 0 Å². The molecule has 4 rings (SSSR count). The molecule has 0 saturated heterocycles. The lowest BCUT2D eigenvalue weighted by molar-refractivity contribution is -0.116. The van der Waals surface area contributed by atoms with Crippen molar-refractivity contribution in [2.24, 2.45) is 0 Å². The fourth-order valence-electron chi connectivity index (χ4n) is 3.55. The number of nitrogens with zero attached hydrogens (tertiary/aromatic N) is 2. The summed E-state index contributed by atoms with van der Waals surface area (Å²) in [6, 6.07) is 12.7. The summed E-state index contributed by atoms with van der Waals surface area (Å²) in [5.74, 6) is -0.436. The molecule has 0 unspecified atom stereocenters. The first kappa shape index (κ1) is 18.8. The Morgan fingerprint density at radius 1 is 1.24 bits per heavy atom. The van der Waals surface area contributed by atoms with E-state index in [-0.39, 0.29) is 24.1 Å². The van der Waals surface area contributed by atoms with E-state index in [4.69, 9.17) is 0 Å². The van der Waals surface area contributed by atoms with Gasteiger partial charge in [-0.05, 0) is 54.0 Å². The number of carbonyl (C=O) groups is 2. The summed E-state index contributed by atoms with van der Waals surface area (Å²) in [7, 11) is 0. The number of rotatable bonds is 3. The van der Waals surface area contributed by atoms with Crippen molar-refractivity contribution in [3.05, 3.63) is 83.9 Å². The third-order valence-electron chi connectivity index (χ3n) is 5.09. The maximum absolute atomic E-state index is 13.3. The van der Waals surface area contributed by atoms with E-state index < -0.39 is 6.04 Å². The highest BCUT2D eigenvalue weighted by Gasteiger charge is 2.29. The molecule has 0 spiro atoms. The van der Waals surface area contributed by atoms with Crippen LogP contribution in [0.15, 0.2) is 67.0 Å². The van der Waals surface area contributed by atoms with Crippen molar-refractivity contribution < 1.29 is 14.0 Å². The number of anilines is 1. The van der Waals surface area contributed by atoms with Crippen LogP contribution in [0.4, 0.5) is 14.9 Å². The lowest BCUT2D eigenvalue weighted by Crippen LogP contribution is -2.37. The van der Waals surface area contributed by atoms with E-state index in [1.807, 2.05) is 31.2 Å². The van der Waals surface area contributed by atoms with Gasteiger partial charge in [0.25, 0.3) is 0 Å². The number of urea groups is 1. The number of aryl methyl sites for hydroxylation is 1. The van der Waals surface area contributed by atoms with E-state index in [9.17, 15) is 14.0 Å². The van der Waals surface area contributed by atoms with Gasteiger partial charge >= 0.3 is 6.03 Å². The second-order valence-electron chi connectivity index (χ2n) is 6.95. The summed E-state index contributed by atoms with van der Waals surface area (Å²) in [6.07, 6.45) is 5.51. The molecule has 3 aromatic rings. The molecule has 1 aromatic heterocycles. The predicted molar refractivity (Wildman–Crippen MR) is 110 cm³/mol. The zero-order chi connectivity index (χ0) is 20.4. The Kier molecular flexibility index (Phi) is 5.08. The maximum atomic E-state index is 13.3. The Labute approximate surface area is 167 Å². The molecule has 6 heteroatoms. The van der Waals surface area contributed by atoms with Gasteiger partial charge in [-0.15, -0.1) is 0 Å². The molecule has 0 aliphatic carbocycles. The maximum Gasteiger partial charge on any atom is 0.326 e. The fourth-order valence-corrected chi connectivity index (χ4v) is 3.55. The summed E-state index contributed by atoms with van der Waals surface area (Å²) in [6.45, 7) is 2.01. The number of ketones is 1. The number of halogens is 1. The third kappa shape index (κ3) is 3.87. The van der Waals surface area contributed by atoms with Gasteiger partial charge in [0.05, 0.1) is 11.6 Å². The Morgan fingerprint density at radius 2 is 2.03 bits per heavy atom. The zero-order valence-corrected chi connectivity index (χ0v) is 15.9. The first-order valence-corrected chi connectivity index (χ1v) is 9.48. The minimum absolute atomic E-state index is 0.0746. The van der Waals surface area contributed by atoms with E-state index >= 15 is 0 Å². The SMILES string of the molecule is CCc1cc2ncccc2cc1NC(=O)N1C=CC(=O)C[C@H]1c1ccc(F)cc1. The smallest absolute Gasteiger partial charge is 0.307 e. The topological polar surface area (TPSA) is 62.3 Å². The quantitative estimate of drug-likeness (QED) is 0.686. The molecular weight excluding hydrogens is 369 g/mol. The minimum atomic E-state index is -0.486. The predicted octanol–water partition coefficient (Wildman–Crippen LogP) is 5.00.